The largest absolute Gasteiger partial charge is 0.395 e. The molecule has 0 fully saturated rings. The first-order valence-corrected chi connectivity index (χ1v) is 6.19. The van der Waals surface area contributed by atoms with Gasteiger partial charge in [0.05, 0.1) is 24.3 Å². The van der Waals surface area contributed by atoms with Crippen LogP contribution in [0.5, 0.6) is 0 Å². The first-order valence-electron chi connectivity index (χ1n) is 6.19. The summed E-state index contributed by atoms with van der Waals surface area (Å²) in [7, 11) is 3.12. The Balaban J connectivity index is 2.90. The van der Waals surface area contributed by atoms with Crippen LogP contribution in [-0.4, -0.2) is 77.2 Å². The predicted molar refractivity (Wildman–Crippen MR) is 72.3 cm³/mol. The maximum absolute atomic E-state index is 12.0. The molecule has 2 amide bonds. The molecule has 7 heteroatoms. The van der Waals surface area contributed by atoms with Crippen molar-refractivity contribution >= 4 is 11.8 Å². The van der Waals surface area contributed by atoms with E-state index in [-0.39, 0.29) is 49.2 Å². The SMILES string of the molecule is CN(CCO)C(=O)c1cncc(C(=O)N(C)CCO)c1. The van der Waals surface area contributed by atoms with Crippen LogP contribution in [0.3, 0.4) is 0 Å². The van der Waals surface area contributed by atoms with Crippen LogP contribution in [0.25, 0.3) is 0 Å². The number of carbonyl (C=O) groups is 2. The molecule has 1 aromatic heterocycles. The normalized spacial score (nSPS) is 10.2. The van der Waals surface area contributed by atoms with Gasteiger partial charge in [-0.1, -0.05) is 0 Å². The molecule has 1 rings (SSSR count). The number of hydrogen-bond acceptors (Lipinski definition) is 5. The average Bonchev–Trinajstić information content (AvgIpc) is 2.46. The van der Waals surface area contributed by atoms with Crippen molar-refractivity contribution in [3.63, 3.8) is 0 Å². The Kier molecular flexibility index (Phi) is 6.08. The van der Waals surface area contributed by atoms with Crippen LogP contribution in [0, 0.1) is 0 Å². The number of amides is 2. The maximum Gasteiger partial charge on any atom is 0.255 e. The van der Waals surface area contributed by atoms with E-state index < -0.39 is 0 Å². The molecule has 0 unspecified atom stereocenters. The van der Waals surface area contributed by atoms with Gasteiger partial charge in [0, 0.05) is 39.6 Å². The number of rotatable bonds is 6. The second-order valence-electron chi connectivity index (χ2n) is 4.36. The Morgan fingerprint density at radius 3 is 1.75 bits per heavy atom. The van der Waals surface area contributed by atoms with E-state index >= 15 is 0 Å². The molecule has 110 valence electrons. The lowest BCUT2D eigenvalue weighted by Gasteiger charge is -2.17. The highest BCUT2D eigenvalue weighted by atomic mass is 16.3. The van der Waals surface area contributed by atoms with Crippen molar-refractivity contribution in [3.8, 4) is 0 Å². The topological polar surface area (TPSA) is 94.0 Å². The van der Waals surface area contributed by atoms with Gasteiger partial charge in [0.1, 0.15) is 0 Å². The molecular weight excluding hydrogens is 262 g/mol. The van der Waals surface area contributed by atoms with Gasteiger partial charge in [-0.15, -0.1) is 0 Å². The second kappa shape index (κ2) is 7.56. The van der Waals surface area contributed by atoms with E-state index in [9.17, 15) is 9.59 Å². The molecule has 0 aliphatic rings. The smallest absolute Gasteiger partial charge is 0.255 e. The van der Waals surface area contributed by atoms with Crippen molar-refractivity contribution in [2.45, 2.75) is 0 Å². The fraction of sp³-hybridized carbons (Fsp3) is 0.462. The Morgan fingerprint density at radius 2 is 1.40 bits per heavy atom. The standard InChI is InChI=1S/C13H19N3O4/c1-15(3-5-17)12(19)10-7-11(9-14-8-10)13(20)16(2)4-6-18/h7-9,17-18H,3-6H2,1-2H3. The molecule has 0 aromatic carbocycles. The van der Waals surface area contributed by atoms with Gasteiger partial charge in [-0.2, -0.15) is 0 Å². The first kappa shape index (κ1) is 16.1. The second-order valence-corrected chi connectivity index (χ2v) is 4.36. The zero-order valence-electron chi connectivity index (χ0n) is 11.6. The molecule has 1 aromatic rings. The summed E-state index contributed by atoms with van der Waals surface area (Å²) in [6.07, 6.45) is 2.75. The maximum atomic E-state index is 12.0. The zero-order chi connectivity index (χ0) is 15.1. The fourth-order valence-electron chi connectivity index (χ4n) is 1.62. The van der Waals surface area contributed by atoms with E-state index in [2.05, 4.69) is 4.98 Å². The summed E-state index contributed by atoms with van der Waals surface area (Å²) >= 11 is 0. The number of pyridine rings is 1. The van der Waals surface area contributed by atoms with Crippen molar-refractivity contribution in [2.75, 3.05) is 40.4 Å². The van der Waals surface area contributed by atoms with E-state index in [1.165, 1.54) is 28.3 Å². The summed E-state index contributed by atoms with van der Waals surface area (Å²) in [5.74, 6) is -0.628. The number of hydrogen-bond donors (Lipinski definition) is 2. The highest BCUT2D eigenvalue weighted by Gasteiger charge is 2.16. The van der Waals surface area contributed by atoms with Gasteiger partial charge in [-0.3, -0.25) is 14.6 Å². The third-order valence-electron chi connectivity index (χ3n) is 2.80. The molecule has 7 nitrogen and oxygen atoms in total. The molecule has 0 aliphatic carbocycles. The summed E-state index contributed by atoms with van der Waals surface area (Å²) in [5, 5.41) is 17.6. The molecule has 0 saturated carbocycles. The predicted octanol–water partition coefficient (Wildman–Crippen LogP) is -0.790. The minimum absolute atomic E-state index is 0.131. The fourth-order valence-corrected chi connectivity index (χ4v) is 1.62. The van der Waals surface area contributed by atoms with Gasteiger partial charge in [-0.25, -0.2) is 0 Å². The molecule has 20 heavy (non-hydrogen) atoms. The van der Waals surface area contributed by atoms with Crippen LogP contribution in [0.15, 0.2) is 18.5 Å². The Hall–Kier alpha value is -1.99. The van der Waals surface area contributed by atoms with Crippen LogP contribution in [0.2, 0.25) is 0 Å². The molecule has 0 spiro atoms. The molecule has 1 heterocycles. The summed E-state index contributed by atoms with van der Waals surface area (Å²) in [6, 6.07) is 1.46. The molecular formula is C13H19N3O4. The average molecular weight is 281 g/mol. The quantitative estimate of drug-likeness (QED) is 0.712. The summed E-state index contributed by atoms with van der Waals surface area (Å²) in [5.41, 5.74) is 0.563. The van der Waals surface area contributed by atoms with E-state index in [4.69, 9.17) is 10.2 Å². The first-order chi connectivity index (χ1) is 9.51. The zero-order valence-corrected chi connectivity index (χ0v) is 11.6. The van der Waals surface area contributed by atoms with Crippen LogP contribution in [0.4, 0.5) is 0 Å². The van der Waals surface area contributed by atoms with Gasteiger partial charge in [0.15, 0.2) is 0 Å². The van der Waals surface area contributed by atoms with Gasteiger partial charge < -0.3 is 20.0 Å². The number of likely N-dealkylation sites (N-methyl/N-ethyl adjacent to an activating group) is 2. The molecule has 0 radical (unpaired) electrons. The molecule has 2 N–H and O–H groups in total. The summed E-state index contributed by atoms with van der Waals surface area (Å²) < 4.78 is 0. The van der Waals surface area contributed by atoms with E-state index in [1.54, 1.807) is 14.1 Å². The van der Waals surface area contributed by atoms with Crippen molar-refractivity contribution < 1.29 is 19.8 Å². The highest BCUT2D eigenvalue weighted by Crippen LogP contribution is 2.08. The summed E-state index contributed by atoms with van der Waals surface area (Å²) in [4.78, 5) is 30.6. The Labute approximate surface area is 117 Å². The lowest BCUT2D eigenvalue weighted by atomic mass is 10.1. The van der Waals surface area contributed by atoms with E-state index in [0.29, 0.717) is 0 Å². The highest BCUT2D eigenvalue weighted by molar-refractivity contribution is 5.99. The Bertz CT molecular complexity index is 439. The number of aliphatic hydroxyl groups excluding tert-OH is 2. The lowest BCUT2D eigenvalue weighted by Crippen LogP contribution is -2.31. The van der Waals surface area contributed by atoms with Crippen molar-refractivity contribution in [1.29, 1.82) is 0 Å². The lowest BCUT2D eigenvalue weighted by molar-refractivity contribution is 0.0763. The molecule has 0 aliphatic heterocycles. The van der Waals surface area contributed by atoms with Gasteiger partial charge in [0.25, 0.3) is 11.8 Å². The van der Waals surface area contributed by atoms with Crippen LogP contribution >= 0.6 is 0 Å². The van der Waals surface area contributed by atoms with E-state index in [1.807, 2.05) is 0 Å². The third-order valence-corrected chi connectivity index (χ3v) is 2.80. The van der Waals surface area contributed by atoms with Crippen LogP contribution in [-0.2, 0) is 0 Å². The molecule has 0 saturated heterocycles. The van der Waals surface area contributed by atoms with Crippen LogP contribution < -0.4 is 0 Å². The van der Waals surface area contributed by atoms with Gasteiger partial charge in [-0.05, 0) is 6.07 Å². The van der Waals surface area contributed by atoms with Gasteiger partial charge in [0.2, 0.25) is 0 Å². The number of aliphatic hydroxyl groups is 2. The third kappa shape index (κ3) is 4.01. The van der Waals surface area contributed by atoms with E-state index in [0.717, 1.165) is 0 Å². The molecule has 0 bridgehead atoms. The van der Waals surface area contributed by atoms with Crippen molar-refractivity contribution in [1.82, 2.24) is 14.8 Å². The minimum Gasteiger partial charge on any atom is -0.395 e. The van der Waals surface area contributed by atoms with Gasteiger partial charge >= 0.3 is 0 Å². The van der Waals surface area contributed by atoms with Crippen molar-refractivity contribution in [3.05, 3.63) is 29.6 Å². The molecule has 0 atom stereocenters. The monoisotopic (exact) mass is 281 g/mol. The number of carbonyl (C=O) groups excluding carboxylic acids is 2. The van der Waals surface area contributed by atoms with Crippen LogP contribution in [0.1, 0.15) is 20.7 Å². The Morgan fingerprint density at radius 1 is 1.00 bits per heavy atom. The summed E-state index contributed by atoms with van der Waals surface area (Å²) in [6.45, 7) is 0.157. The number of nitrogens with zero attached hydrogens (tertiary/aromatic N) is 3. The number of aromatic nitrogens is 1. The van der Waals surface area contributed by atoms with Crippen molar-refractivity contribution in [2.24, 2.45) is 0 Å². The minimum atomic E-state index is -0.314.